The minimum Gasteiger partial charge on any atom is -0.376 e. The third-order valence-corrected chi connectivity index (χ3v) is 5.30. The summed E-state index contributed by atoms with van der Waals surface area (Å²) in [5.74, 6) is -0.683. The largest absolute Gasteiger partial charge is 0.376 e. The second-order valence-corrected chi connectivity index (χ2v) is 7.15. The summed E-state index contributed by atoms with van der Waals surface area (Å²) in [6.45, 7) is 2.64. The van der Waals surface area contributed by atoms with Gasteiger partial charge in [0.1, 0.15) is 0 Å². The molecule has 2 heterocycles. The summed E-state index contributed by atoms with van der Waals surface area (Å²) in [5.41, 5.74) is 0.822. The lowest BCUT2D eigenvalue weighted by Crippen LogP contribution is -2.32. The van der Waals surface area contributed by atoms with Gasteiger partial charge in [-0.3, -0.25) is 14.4 Å². The molecule has 0 saturated carbocycles. The number of hydrogen-bond acceptors (Lipinski definition) is 5. The molecule has 136 valence electrons. The molecule has 1 aliphatic heterocycles. The maximum atomic E-state index is 12.5. The van der Waals surface area contributed by atoms with Gasteiger partial charge in [-0.15, -0.1) is 11.3 Å². The molecule has 7 heteroatoms. The molecule has 1 atom stereocenters. The van der Waals surface area contributed by atoms with Crippen LogP contribution in [0.25, 0.3) is 0 Å². The number of para-hydroxylation sites is 1. The van der Waals surface area contributed by atoms with Crippen LogP contribution in [0.2, 0.25) is 0 Å². The molecule has 2 amide bonds. The van der Waals surface area contributed by atoms with Gasteiger partial charge in [0.05, 0.1) is 27.1 Å². The van der Waals surface area contributed by atoms with E-state index in [2.05, 4.69) is 10.6 Å². The Morgan fingerprint density at radius 3 is 2.58 bits per heavy atom. The van der Waals surface area contributed by atoms with Crippen molar-refractivity contribution < 1.29 is 19.1 Å². The van der Waals surface area contributed by atoms with Gasteiger partial charge in [0.15, 0.2) is 5.78 Å². The van der Waals surface area contributed by atoms with Crippen molar-refractivity contribution in [3.05, 3.63) is 51.7 Å². The highest BCUT2D eigenvalue weighted by atomic mass is 32.1. The van der Waals surface area contributed by atoms with Crippen LogP contribution in [0.15, 0.2) is 36.4 Å². The minimum absolute atomic E-state index is 0.0526. The monoisotopic (exact) mass is 372 g/mol. The van der Waals surface area contributed by atoms with Crippen molar-refractivity contribution in [1.82, 2.24) is 5.32 Å². The maximum absolute atomic E-state index is 12.5. The van der Waals surface area contributed by atoms with Gasteiger partial charge in [-0.05, 0) is 44.0 Å². The first-order chi connectivity index (χ1) is 12.5. The molecule has 1 fully saturated rings. The molecule has 2 aromatic rings. The second-order valence-electron chi connectivity index (χ2n) is 6.06. The van der Waals surface area contributed by atoms with Gasteiger partial charge in [0, 0.05) is 13.2 Å². The summed E-state index contributed by atoms with van der Waals surface area (Å²) < 4.78 is 5.50. The molecule has 1 saturated heterocycles. The third-order valence-electron chi connectivity index (χ3n) is 4.11. The fourth-order valence-corrected chi connectivity index (χ4v) is 3.53. The lowest BCUT2D eigenvalue weighted by atomic mass is 10.1. The topological polar surface area (TPSA) is 84.5 Å². The molecule has 0 spiro atoms. The van der Waals surface area contributed by atoms with E-state index in [-0.39, 0.29) is 23.7 Å². The quantitative estimate of drug-likeness (QED) is 0.763. The van der Waals surface area contributed by atoms with Crippen LogP contribution < -0.4 is 10.6 Å². The van der Waals surface area contributed by atoms with Crippen molar-refractivity contribution in [2.45, 2.75) is 25.9 Å². The lowest BCUT2D eigenvalue weighted by Gasteiger charge is -2.13. The fourth-order valence-electron chi connectivity index (χ4n) is 2.73. The smallest absolute Gasteiger partial charge is 0.265 e. The number of benzene rings is 1. The van der Waals surface area contributed by atoms with Gasteiger partial charge >= 0.3 is 0 Å². The SMILES string of the molecule is CC(=O)c1ccc(C(=O)Nc2ccccc2C(=O)NC[C@H]2CCCO2)s1. The van der Waals surface area contributed by atoms with E-state index in [4.69, 9.17) is 4.74 Å². The highest BCUT2D eigenvalue weighted by molar-refractivity contribution is 7.16. The molecule has 1 aliphatic rings. The Bertz CT molecular complexity index is 824. The first kappa shape index (κ1) is 18.3. The number of rotatable bonds is 6. The summed E-state index contributed by atoms with van der Waals surface area (Å²) in [4.78, 5) is 37.2. The summed E-state index contributed by atoms with van der Waals surface area (Å²) in [6.07, 6.45) is 2.00. The predicted molar refractivity (Wildman–Crippen MR) is 100 cm³/mol. The number of thiophene rings is 1. The molecular weight excluding hydrogens is 352 g/mol. The third kappa shape index (κ3) is 4.36. The van der Waals surface area contributed by atoms with E-state index in [1.165, 1.54) is 6.92 Å². The number of hydrogen-bond donors (Lipinski definition) is 2. The van der Waals surface area contributed by atoms with Gasteiger partial charge in [-0.25, -0.2) is 0 Å². The molecule has 3 rings (SSSR count). The standard InChI is InChI=1S/C19H20N2O4S/c1-12(22)16-8-9-17(26-16)19(24)21-15-7-3-2-6-14(15)18(23)20-11-13-5-4-10-25-13/h2-3,6-9,13H,4-5,10-11H2,1H3,(H,20,23)(H,21,24)/t13-/m1/s1. The molecule has 26 heavy (non-hydrogen) atoms. The van der Waals surface area contributed by atoms with Crippen LogP contribution in [-0.4, -0.2) is 36.9 Å². The first-order valence-electron chi connectivity index (χ1n) is 8.45. The van der Waals surface area contributed by atoms with Crippen molar-refractivity contribution >= 4 is 34.6 Å². The van der Waals surface area contributed by atoms with Crippen molar-refractivity contribution in [3.8, 4) is 0 Å². The second kappa shape index (κ2) is 8.25. The number of ether oxygens (including phenoxy) is 1. The Kier molecular flexibility index (Phi) is 5.80. The highest BCUT2D eigenvalue weighted by Crippen LogP contribution is 2.21. The molecule has 2 N–H and O–H groups in total. The molecular formula is C19H20N2O4S. The van der Waals surface area contributed by atoms with Crippen LogP contribution in [-0.2, 0) is 4.74 Å². The van der Waals surface area contributed by atoms with Crippen LogP contribution in [0.1, 0.15) is 49.5 Å². The van der Waals surface area contributed by atoms with Crippen LogP contribution in [0.4, 0.5) is 5.69 Å². The highest BCUT2D eigenvalue weighted by Gasteiger charge is 2.19. The Labute approximate surface area is 155 Å². The maximum Gasteiger partial charge on any atom is 0.265 e. The van der Waals surface area contributed by atoms with Crippen molar-refractivity contribution in [3.63, 3.8) is 0 Å². The number of nitrogens with one attached hydrogen (secondary N) is 2. The van der Waals surface area contributed by atoms with Crippen LogP contribution in [0, 0.1) is 0 Å². The summed E-state index contributed by atoms with van der Waals surface area (Å²) in [5, 5.41) is 5.61. The zero-order valence-corrected chi connectivity index (χ0v) is 15.2. The summed E-state index contributed by atoms with van der Waals surface area (Å²) in [7, 11) is 0. The lowest BCUT2D eigenvalue weighted by molar-refractivity contribution is 0.0858. The van der Waals surface area contributed by atoms with Gasteiger partial charge in [-0.1, -0.05) is 12.1 Å². The van der Waals surface area contributed by atoms with Gasteiger partial charge in [0.25, 0.3) is 11.8 Å². The van der Waals surface area contributed by atoms with Gasteiger partial charge in [0.2, 0.25) is 0 Å². The fraction of sp³-hybridized carbons (Fsp3) is 0.316. The van der Waals surface area contributed by atoms with Crippen LogP contribution in [0.3, 0.4) is 0 Å². The molecule has 1 aromatic heterocycles. The number of ketones is 1. The summed E-state index contributed by atoms with van der Waals surface area (Å²) >= 11 is 1.13. The molecule has 1 aromatic carbocycles. The zero-order valence-electron chi connectivity index (χ0n) is 14.4. The van der Waals surface area contributed by atoms with Crippen molar-refractivity contribution in [2.24, 2.45) is 0 Å². The normalized spacial score (nSPS) is 16.3. The number of carbonyl (C=O) groups excluding carboxylic acids is 3. The molecule has 0 bridgehead atoms. The average Bonchev–Trinajstić information content (AvgIpc) is 3.32. The van der Waals surface area contributed by atoms with Gasteiger partial charge < -0.3 is 15.4 Å². The minimum atomic E-state index is -0.345. The van der Waals surface area contributed by atoms with E-state index in [1.54, 1.807) is 36.4 Å². The molecule has 0 aliphatic carbocycles. The Morgan fingerprint density at radius 1 is 1.12 bits per heavy atom. The van der Waals surface area contributed by atoms with Gasteiger partial charge in [-0.2, -0.15) is 0 Å². The van der Waals surface area contributed by atoms with E-state index in [0.717, 1.165) is 30.8 Å². The van der Waals surface area contributed by atoms with Crippen molar-refractivity contribution in [2.75, 3.05) is 18.5 Å². The predicted octanol–water partition coefficient (Wildman–Crippen LogP) is 3.11. The average molecular weight is 372 g/mol. The Hall–Kier alpha value is -2.51. The Morgan fingerprint density at radius 2 is 1.88 bits per heavy atom. The number of anilines is 1. The van der Waals surface area contributed by atoms with E-state index in [9.17, 15) is 14.4 Å². The number of amides is 2. The first-order valence-corrected chi connectivity index (χ1v) is 9.27. The van der Waals surface area contributed by atoms with E-state index in [0.29, 0.717) is 27.5 Å². The molecule has 0 unspecified atom stereocenters. The van der Waals surface area contributed by atoms with E-state index >= 15 is 0 Å². The molecule has 6 nitrogen and oxygen atoms in total. The van der Waals surface area contributed by atoms with E-state index in [1.807, 2.05) is 0 Å². The number of carbonyl (C=O) groups is 3. The number of Topliss-reactive ketones (excluding diaryl/α,β-unsaturated/α-hetero) is 1. The van der Waals surface area contributed by atoms with Crippen LogP contribution >= 0.6 is 11.3 Å². The van der Waals surface area contributed by atoms with Crippen molar-refractivity contribution in [1.29, 1.82) is 0 Å². The summed E-state index contributed by atoms with van der Waals surface area (Å²) in [6, 6.07) is 10.1. The van der Waals surface area contributed by atoms with Crippen LogP contribution in [0.5, 0.6) is 0 Å². The molecule has 0 radical (unpaired) electrons. The Balaban J connectivity index is 1.68. The zero-order chi connectivity index (χ0) is 18.5. The van der Waals surface area contributed by atoms with E-state index < -0.39 is 0 Å².